The lowest BCUT2D eigenvalue weighted by Gasteiger charge is -2.27. The summed E-state index contributed by atoms with van der Waals surface area (Å²) in [5.41, 5.74) is 5.77. The SMILES string of the molecule is Cc1ccc2c(c1)[C@H](c1ccsc1C)NCC2. The van der Waals surface area contributed by atoms with Crippen molar-refractivity contribution in [2.45, 2.75) is 26.3 Å². The molecule has 0 saturated heterocycles. The van der Waals surface area contributed by atoms with Crippen molar-refractivity contribution >= 4 is 11.3 Å². The molecule has 1 N–H and O–H groups in total. The maximum absolute atomic E-state index is 3.65. The molecule has 0 bridgehead atoms. The zero-order valence-corrected chi connectivity index (χ0v) is 11.1. The minimum Gasteiger partial charge on any atom is -0.306 e. The van der Waals surface area contributed by atoms with Crippen LogP contribution < -0.4 is 5.32 Å². The van der Waals surface area contributed by atoms with E-state index in [1.165, 1.54) is 27.1 Å². The Morgan fingerprint density at radius 1 is 1.18 bits per heavy atom. The van der Waals surface area contributed by atoms with Gasteiger partial charge in [-0.3, -0.25) is 0 Å². The molecular formula is C15H17NS. The molecule has 1 aliphatic heterocycles. The molecule has 3 rings (SSSR count). The van der Waals surface area contributed by atoms with E-state index in [0.29, 0.717) is 6.04 Å². The normalized spacial score (nSPS) is 19.1. The molecule has 1 aromatic carbocycles. The predicted octanol–water partition coefficient (Wildman–Crippen LogP) is 3.60. The molecule has 0 unspecified atom stereocenters. The van der Waals surface area contributed by atoms with E-state index in [-0.39, 0.29) is 0 Å². The first kappa shape index (κ1) is 11.0. The van der Waals surface area contributed by atoms with E-state index >= 15 is 0 Å². The molecule has 88 valence electrons. The molecule has 17 heavy (non-hydrogen) atoms. The molecule has 0 amide bonds. The van der Waals surface area contributed by atoms with Gasteiger partial charge in [-0.2, -0.15) is 0 Å². The minimum absolute atomic E-state index is 0.393. The number of fused-ring (bicyclic) bond motifs is 1. The maximum Gasteiger partial charge on any atom is 0.0590 e. The lowest BCUT2D eigenvalue weighted by molar-refractivity contribution is 0.567. The quantitative estimate of drug-likeness (QED) is 0.807. The van der Waals surface area contributed by atoms with E-state index in [1.807, 2.05) is 11.3 Å². The van der Waals surface area contributed by atoms with Gasteiger partial charge in [-0.05, 0) is 48.4 Å². The zero-order valence-electron chi connectivity index (χ0n) is 10.3. The van der Waals surface area contributed by atoms with Crippen LogP contribution in [0.1, 0.15) is 33.2 Å². The highest BCUT2D eigenvalue weighted by atomic mass is 32.1. The van der Waals surface area contributed by atoms with Crippen LogP contribution in [0.2, 0.25) is 0 Å². The first-order valence-electron chi connectivity index (χ1n) is 6.12. The Hall–Kier alpha value is -1.12. The minimum atomic E-state index is 0.393. The second kappa shape index (κ2) is 4.28. The standard InChI is InChI=1S/C15H17NS/c1-10-3-4-12-5-7-16-15(14(12)9-10)13-6-8-17-11(13)2/h3-4,6,8-9,15-16H,5,7H2,1-2H3/t15-/m0/s1. The highest BCUT2D eigenvalue weighted by Gasteiger charge is 2.22. The van der Waals surface area contributed by atoms with Crippen molar-refractivity contribution in [3.05, 3.63) is 56.8 Å². The average Bonchev–Trinajstić information content (AvgIpc) is 2.74. The van der Waals surface area contributed by atoms with Crippen LogP contribution in [0.4, 0.5) is 0 Å². The number of benzene rings is 1. The molecule has 2 heteroatoms. The van der Waals surface area contributed by atoms with Gasteiger partial charge in [0, 0.05) is 11.4 Å². The van der Waals surface area contributed by atoms with Crippen LogP contribution in [0.3, 0.4) is 0 Å². The van der Waals surface area contributed by atoms with E-state index in [0.717, 1.165) is 13.0 Å². The van der Waals surface area contributed by atoms with Gasteiger partial charge in [-0.25, -0.2) is 0 Å². The third-order valence-corrected chi connectivity index (χ3v) is 4.43. The van der Waals surface area contributed by atoms with Crippen molar-refractivity contribution in [3.63, 3.8) is 0 Å². The fraction of sp³-hybridized carbons (Fsp3) is 0.333. The Morgan fingerprint density at radius 3 is 2.82 bits per heavy atom. The summed E-state index contributed by atoms with van der Waals surface area (Å²) in [6.45, 7) is 5.47. The second-order valence-corrected chi connectivity index (χ2v) is 5.89. The van der Waals surface area contributed by atoms with Crippen molar-refractivity contribution in [3.8, 4) is 0 Å². The second-order valence-electron chi connectivity index (χ2n) is 4.77. The first-order chi connectivity index (χ1) is 8.25. The van der Waals surface area contributed by atoms with Gasteiger partial charge in [0.05, 0.1) is 6.04 Å². The molecule has 0 spiro atoms. The van der Waals surface area contributed by atoms with Crippen LogP contribution in [0, 0.1) is 13.8 Å². The third-order valence-electron chi connectivity index (χ3n) is 3.57. The number of nitrogens with one attached hydrogen (secondary N) is 1. The summed E-state index contributed by atoms with van der Waals surface area (Å²) in [6.07, 6.45) is 1.15. The lowest BCUT2D eigenvalue weighted by Crippen LogP contribution is -2.30. The Morgan fingerprint density at radius 2 is 2.06 bits per heavy atom. The fourth-order valence-corrected chi connectivity index (χ4v) is 3.38. The van der Waals surface area contributed by atoms with Crippen molar-refractivity contribution in [1.82, 2.24) is 5.32 Å². The molecule has 0 saturated carbocycles. The van der Waals surface area contributed by atoms with Gasteiger partial charge in [0.15, 0.2) is 0 Å². The van der Waals surface area contributed by atoms with Crippen LogP contribution >= 0.6 is 11.3 Å². The predicted molar refractivity (Wildman–Crippen MR) is 73.8 cm³/mol. The molecule has 0 fully saturated rings. The number of hydrogen-bond acceptors (Lipinski definition) is 2. The van der Waals surface area contributed by atoms with Crippen LogP contribution in [0.15, 0.2) is 29.6 Å². The Labute approximate surface area is 106 Å². The summed E-state index contributed by atoms with van der Waals surface area (Å²) >= 11 is 1.84. The Kier molecular flexibility index (Phi) is 2.77. The van der Waals surface area contributed by atoms with Crippen molar-refractivity contribution < 1.29 is 0 Å². The number of rotatable bonds is 1. The van der Waals surface area contributed by atoms with Gasteiger partial charge in [-0.1, -0.05) is 23.8 Å². The summed E-state index contributed by atoms with van der Waals surface area (Å²) in [7, 11) is 0. The van der Waals surface area contributed by atoms with Crippen molar-refractivity contribution in [2.24, 2.45) is 0 Å². The fourth-order valence-electron chi connectivity index (χ4n) is 2.64. The molecule has 2 aromatic rings. The van der Waals surface area contributed by atoms with E-state index in [2.05, 4.69) is 48.8 Å². The molecule has 0 aliphatic carbocycles. The molecule has 2 heterocycles. The molecule has 1 aromatic heterocycles. The largest absolute Gasteiger partial charge is 0.306 e. The number of thiophene rings is 1. The molecular weight excluding hydrogens is 226 g/mol. The van der Waals surface area contributed by atoms with E-state index in [4.69, 9.17) is 0 Å². The highest BCUT2D eigenvalue weighted by Crippen LogP contribution is 2.32. The highest BCUT2D eigenvalue weighted by molar-refractivity contribution is 7.10. The smallest absolute Gasteiger partial charge is 0.0590 e. The monoisotopic (exact) mass is 243 g/mol. The van der Waals surface area contributed by atoms with Crippen LogP contribution in [-0.4, -0.2) is 6.54 Å². The molecule has 1 aliphatic rings. The van der Waals surface area contributed by atoms with Crippen molar-refractivity contribution in [1.29, 1.82) is 0 Å². The molecule has 1 atom stereocenters. The van der Waals surface area contributed by atoms with Crippen molar-refractivity contribution in [2.75, 3.05) is 6.54 Å². The maximum atomic E-state index is 3.65. The summed E-state index contributed by atoms with van der Waals surface area (Å²) in [5, 5.41) is 5.84. The van der Waals surface area contributed by atoms with E-state index in [1.54, 1.807) is 0 Å². The Bertz CT molecular complexity index is 542. The molecule has 0 radical (unpaired) electrons. The lowest BCUT2D eigenvalue weighted by atomic mass is 9.89. The molecule has 1 nitrogen and oxygen atoms in total. The number of hydrogen-bond donors (Lipinski definition) is 1. The average molecular weight is 243 g/mol. The summed E-state index contributed by atoms with van der Waals surface area (Å²) < 4.78 is 0. The van der Waals surface area contributed by atoms with Gasteiger partial charge >= 0.3 is 0 Å². The van der Waals surface area contributed by atoms with E-state index in [9.17, 15) is 0 Å². The topological polar surface area (TPSA) is 12.0 Å². The van der Waals surface area contributed by atoms with E-state index < -0.39 is 0 Å². The van der Waals surface area contributed by atoms with Crippen LogP contribution in [0.5, 0.6) is 0 Å². The van der Waals surface area contributed by atoms with Gasteiger partial charge < -0.3 is 5.32 Å². The van der Waals surface area contributed by atoms with Gasteiger partial charge in [0.25, 0.3) is 0 Å². The van der Waals surface area contributed by atoms with Crippen LogP contribution in [0.25, 0.3) is 0 Å². The summed E-state index contributed by atoms with van der Waals surface area (Å²) in [6, 6.07) is 9.50. The Balaban J connectivity index is 2.10. The third kappa shape index (κ3) is 1.92. The number of aryl methyl sites for hydroxylation is 2. The summed E-state index contributed by atoms with van der Waals surface area (Å²) in [4.78, 5) is 1.43. The van der Waals surface area contributed by atoms with Gasteiger partial charge in [0.2, 0.25) is 0 Å². The van der Waals surface area contributed by atoms with Gasteiger partial charge in [-0.15, -0.1) is 11.3 Å². The zero-order chi connectivity index (χ0) is 11.8. The van der Waals surface area contributed by atoms with Gasteiger partial charge in [0.1, 0.15) is 0 Å². The first-order valence-corrected chi connectivity index (χ1v) is 7.00. The summed E-state index contributed by atoms with van der Waals surface area (Å²) in [5.74, 6) is 0. The van der Waals surface area contributed by atoms with Crippen LogP contribution in [-0.2, 0) is 6.42 Å².